The molecule has 4 aromatic rings. The number of benzene rings is 3. The van der Waals surface area contributed by atoms with E-state index in [0.29, 0.717) is 28.1 Å². The predicted octanol–water partition coefficient (Wildman–Crippen LogP) is 5.74. The van der Waals surface area contributed by atoms with Crippen molar-refractivity contribution in [1.82, 2.24) is 10.3 Å². The third-order valence-electron chi connectivity index (χ3n) is 5.09. The summed E-state index contributed by atoms with van der Waals surface area (Å²) < 4.78 is 73.0. The summed E-state index contributed by atoms with van der Waals surface area (Å²) in [5.41, 5.74) is 3.15. The van der Waals surface area contributed by atoms with E-state index < -0.39 is 40.6 Å². The SMILES string of the molecule is Cc1cc2nc(-c3ccc(CNC(=O)c4c(F)c(F)c(F)c(F)c4F)cc3)oc2cc1C. The fourth-order valence-electron chi connectivity index (χ4n) is 3.14. The molecule has 4 rings (SSSR count). The van der Waals surface area contributed by atoms with Crippen molar-refractivity contribution in [3.8, 4) is 11.5 Å². The van der Waals surface area contributed by atoms with Gasteiger partial charge < -0.3 is 9.73 Å². The molecule has 32 heavy (non-hydrogen) atoms. The van der Waals surface area contributed by atoms with Gasteiger partial charge in [-0.15, -0.1) is 0 Å². The van der Waals surface area contributed by atoms with Gasteiger partial charge in [0.15, 0.2) is 28.9 Å². The normalized spacial score (nSPS) is 11.2. The smallest absolute Gasteiger partial charge is 0.257 e. The molecule has 1 heterocycles. The number of halogens is 5. The van der Waals surface area contributed by atoms with Crippen LogP contribution in [0, 0.1) is 42.9 Å². The number of oxazole rings is 1. The molecule has 0 spiro atoms. The summed E-state index contributed by atoms with van der Waals surface area (Å²) in [4.78, 5) is 16.5. The van der Waals surface area contributed by atoms with Crippen molar-refractivity contribution in [2.45, 2.75) is 20.4 Å². The Labute approximate surface area is 178 Å². The molecule has 0 aliphatic heterocycles. The molecule has 9 heteroatoms. The van der Waals surface area contributed by atoms with Crippen molar-refractivity contribution in [2.24, 2.45) is 0 Å². The van der Waals surface area contributed by atoms with E-state index in [-0.39, 0.29) is 6.54 Å². The van der Waals surface area contributed by atoms with Gasteiger partial charge in [-0.25, -0.2) is 26.9 Å². The predicted molar refractivity (Wildman–Crippen MR) is 106 cm³/mol. The van der Waals surface area contributed by atoms with Crippen LogP contribution in [-0.2, 0) is 6.54 Å². The van der Waals surface area contributed by atoms with Gasteiger partial charge in [0.1, 0.15) is 11.1 Å². The van der Waals surface area contributed by atoms with Gasteiger partial charge in [-0.2, -0.15) is 0 Å². The Morgan fingerprint density at radius 3 is 2.06 bits per heavy atom. The Bertz CT molecular complexity index is 1300. The van der Waals surface area contributed by atoms with Crippen LogP contribution in [0.5, 0.6) is 0 Å². The molecule has 0 atom stereocenters. The second kappa shape index (κ2) is 8.07. The van der Waals surface area contributed by atoms with E-state index in [1.165, 1.54) is 0 Å². The van der Waals surface area contributed by atoms with Gasteiger partial charge in [0.05, 0.1) is 0 Å². The standard InChI is InChI=1S/C23H15F5N2O2/c1-10-7-14-15(8-11(10)2)32-23(30-14)13-5-3-12(4-6-13)9-29-22(31)16-17(24)19(26)21(28)20(27)18(16)25/h3-8H,9H2,1-2H3,(H,29,31). The Morgan fingerprint density at radius 1 is 0.875 bits per heavy atom. The topological polar surface area (TPSA) is 55.1 Å². The zero-order chi connectivity index (χ0) is 23.2. The number of aryl methyl sites for hydroxylation is 2. The Hall–Kier alpha value is -3.75. The second-order valence-corrected chi connectivity index (χ2v) is 7.25. The highest BCUT2D eigenvalue weighted by atomic mass is 19.2. The average Bonchev–Trinajstić information content (AvgIpc) is 3.18. The van der Waals surface area contributed by atoms with Crippen molar-refractivity contribution in [3.05, 3.63) is 87.7 Å². The van der Waals surface area contributed by atoms with Crippen molar-refractivity contribution in [1.29, 1.82) is 0 Å². The number of hydrogen-bond donors (Lipinski definition) is 1. The largest absolute Gasteiger partial charge is 0.436 e. The number of nitrogens with zero attached hydrogens (tertiary/aromatic N) is 1. The van der Waals surface area contributed by atoms with E-state index >= 15 is 0 Å². The van der Waals surface area contributed by atoms with E-state index in [1.54, 1.807) is 24.3 Å². The van der Waals surface area contributed by atoms with Crippen molar-refractivity contribution in [2.75, 3.05) is 0 Å². The highest BCUT2D eigenvalue weighted by molar-refractivity contribution is 5.94. The zero-order valence-corrected chi connectivity index (χ0v) is 16.8. The fourth-order valence-corrected chi connectivity index (χ4v) is 3.14. The summed E-state index contributed by atoms with van der Waals surface area (Å²) in [6.45, 7) is 3.73. The summed E-state index contributed by atoms with van der Waals surface area (Å²) in [5.74, 6) is -12.1. The van der Waals surface area contributed by atoms with Crippen molar-refractivity contribution >= 4 is 17.0 Å². The highest BCUT2D eigenvalue weighted by Crippen LogP contribution is 2.27. The van der Waals surface area contributed by atoms with E-state index in [2.05, 4.69) is 10.3 Å². The Balaban J connectivity index is 1.51. The number of nitrogens with one attached hydrogen (secondary N) is 1. The zero-order valence-electron chi connectivity index (χ0n) is 16.8. The van der Waals surface area contributed by atoms with Crippen LogP contribution in [0.1, 0.15) is 27.0 Å². The molecule has 1 amide bonds. The number of hydrogen-bond acceptors (Lipinski definition) is 3. The van der Waals surface area contributed by atoms with Crippen LogP contribution in [0.4, 0.5) is 22.0 Å². The first-order valence-corrected chi connectivity index (χ1v) is 9.44. The lowest BCUT2D eigenvalue weighted by Gasteiger charge is -2.09. The molecule has 0 radical (unpaired) electrons. The van der Waals surface area contributed by atoms with Gasteiger partial charge >= 0.3 is 0 Å². The van der Waals surface area contributed by atoms with Gasteiger partial charge in [-0.1, -0.05) is 12.1 Å². The van der Waals surface area contributed by atoms with Gasteiger partial charge in [0.2, 0.25) is 11.7 Å². The first-order valence-electron chi connectivity index (χ1n) is 9.44. The molecule has 3 aromatic carbocycles. The first-order chi connectivity index (χ1) is 15.2. The lowest BCUT2D eigenvalue weighted by atomic mass is 10.1. The molecule has 0 fully saturated rings. The molecule has 0 unspecified atom stereocenters. The van der Waals surface area contributed by atoms with Crippen LogP contribution >= 0.6 is 0 Å². The number of fused-ring (bicyclic) bond motifs is 1. The molecule has 0 bridgehead atoms. The van der Waals surface area contributed by atoms with Gasteiger partial charge in [-0.3, -0.25) is 4.79 Å². The third kappa shape index (κ3) is 3.70. The average molecular weight is 446 g/mol. The van der Waals surface area contributed by atoms with E-state index in [1.807, 2.05) is 26.0 Å². The van der Waals surface area contributed by atoms with Gasteiger partial charge in [0, 0.05) is 12.1 Å². The monoisotopic (exact) mass is 446 g/mol. The Morgan fingerprint density at radius 2 is 1.44 bits per heavy atom. The minimum Gasteiger partial charge on any atom is -0.436 e. The molecule has 164 valence electrons. The fraction of sp³-hybridized carbons (Fsp3) is 0.130. The van der Waals surface area contributed by atoms with Gasteiger partial charge in [-0.05, 0) is 54.8 Å². The summed E-state index contributed by atoms with van der Waals surface area (Å²) in [6, 6.07) is 10.4. The Kier molecular flexibility index (Phi) is 5.41. The van der Waals surface area contributed by atoms with Crippen molar-refractivity contribution in [3.63, 3.8) is 0 Å². The second-order valence-electron chi connectivity index (χ2n) is 7.25. The van der Waals surface area contributed by atoms with E-state index in [9.17, 15) is 26.7 Å². The molecular formula is C23H15F5N2O2. The quantitative estimate of drug-likeness (QED) is 0.247. The summed E-state index contributed by atoms with van der Waals surface area (Å²) in [5, 5.41) is 2.15. The maximum Gasteiger partial charge on any atom is 0.257 e. The summed E-state index contributed by atoms with van der Waals surface area (Å²) >= 11 is 0. The molecular weight excluding hydrogens is 431 g/mol. The summed E-state index contributed by atoms with van der Waals surface area (Å²) in [6.07, 6.45) is 0. The van der Waals surface area contributed by atoms with Crippen LogP contribution in [0.3, 0.4) is 0 Å². The van der Waals surface area contributed by atoms with Crippen LogP contribution < -0.4 is 5.32 Å². The van der Waals surface area contributed by atoms with Crippen LogP contribution in [-0.4, -0.2) is 10.9 Å². The number of aromatic nitrogens is 1. The van der Waals surface area contributed by atoms with Crippen LogP contribution in [0.2, 0.25) is 0 Å². The van der Waals surface area contributed by atoms with E-state index in [0.717, 1.165) is 11.1 Å². The molecule has 0 saturated carbocycles. The number of carbonyl (C=O) groups excluding carboxylic acids is 1. The van der Waals surface area contributed by atoms with Gasteiger partial charge in [0.25, 0.3) is 5.91 Å². The molecule has 0 aliphatic rings. The summed E-state index contributed by atoms with van der Waals surface area (Å²) in [7, 11) is 0. The number of carbonyl (C=O) groups is 1. The first kappa shape index (κ1) is 21.5. The van der Waals surface area contributed by atoms with Crippen LogP contribution in [0.25, 0.3) is 22.6 Å². The highest BCUT2D eigenvalue weighted by Gasteiger charge is 2.29. The van der Waals surface area contributed by atoms with Crippen molar-refractivity contribution < 1.29 is 31.2 Å². The minimum atomic E-state index is -2.32. The molecule has 1 N–H and O–H groups in total. The number of rotatable bonds is 4. The maximum absolute atomic E-state index is 13.8. The number of amides is 1. The molecule has 0 saturated heterocycles. The van der Waals surface area contributed by atoms with E-state index in [4.69, 9.17) is 4.42 Å². The minimum absolute atomic E-state index is 0.204. The molecule has 1 aromatic heterocycles. The van der Waals surface area contributed by atoms with Crippen LogP contribution in [0.15, 0.2) is 40.8 Å². The lowest BCUT2D eigenvalue weighted by Crippen LogP contribution is -2.26. The molecule has 4 nitrogen and oxygen atoms in total. The molecule has 0 aliphatic carbocycles. The lowest BCUT2D eigenvalue weighted by molar-refractivity contribution is 0.0939. The maximum atomic E-state index is 13.8. The third-order valence-corrected chi connectivity index (χ3v) is 5.09.